The molecule has 2 N–H and O–H groups in total. The maximum Gasteiger partial charge on any atom is 0.230 e. The molecule has 5 nitrogen and oxygen atoms in total. The number of aromatic nitrogens is 2. The van der Waals surface area contributed by atoms with Crippen LogP contribution in [0.15, 0.2) is 4.34 Å². The van der Waals surface area contributed by atoms with Crippen molar-refractivity contribution < 1.29 is 4.79 Å². The van der Waals surface area contributed by atoms with Crippen LogP contribution in [0.1, 0.15) is 6.42 Å². The molecule has 7 heteroatoms. The number of nitrogens with zero attached hydrogens (tertiary/aromatic N) is 3. The van der Waals surface area contributed by atoms with E-state index in [1.54, 1.807) is 4.90 Å². The van der Waals surface area contributed by atoms with Gasteiger partial charge in [-0.2, -0.15) is 0 Å². The van der Waals surface area contributed by atoms with Crippen LogP contribution in [-0.4, -0.2) is 34.9 Å². The summed E-state index contributed by atoms with van der Waals surface area (Å²) in [6.45, 7) is 0.557. The molecule has 1 unspecified atom stereocenters. The number of thioether (sulfide) groups is 1. The molecular formula is C7H10N4OS2. The summed E-state index contributed by atoms with van der Waals surface area (Å²) in [5.74, 6) is 0.0429. The van der Waals surface area contributed by atoms with Crippen molar-refractivity contribution in [1.29, 1.82) is 0 Å². The highest BCUT2D eigenvalue weighted by Gasteiger charge is 2.30. The third-order valence-electron chi connectivity index (χ3n) is 1.96. The molecule has 0 bridgehead atoms. The van der Waals surface area contributed by atoms with Gasteiger partial charge in [-0.1, -0.05) is 23.1 Å². The van der Waals surface area contributed by atoms with Crippen LogP contribution >= 0.6 is 23.1 Å². The highest BCUT2D eigenvalue weighted by Crippen LogP contribution is 2.28. The Morgan fingerprint density at radius 2 is 2.43 bits per heavy atom. The number of hydrogen-bond acceptors (Lipinski definition) is 6. The van der Waals surface area contributed by atoms with Gasteiger partial charge < -0.3 is 5.73 Å². The van der Waals surface area contributed by atoms with Crippen molar-refractivity contribution >= 4 is 34.1 Å². The first-order chi connectivity index (χ1) is 6.70. The number of anilines is 1. The second-order valence-electron chi connectivity index (χ2n) is 3.02. The smallest absolute Gasteiger partial charge is 0.230 e. The molecule has 1 saturated heterocycles. The Kier molecular flexibility index (Phi) is 2.71. The van der Waals surface area contributed by atoms with Crippen LogP contribution in [0, 0.1) is 0 Å². The summed E-state index contributed by atoms with van der Waals surface area (Å²) in [5, 5.41) is 8.55. The van der Waals surface area contributed by atoms with E-state index >= 15 is 0 Å². The van der Waals surface area contributed by atoms with Crippen LogP contribution in [-0.2, 0) is 4.79 Å². The zero-order valence-electron chi connectivity index (χ0n) is 7.64. The molecule has 2 rings (SSSR count). The van der Waals surface area contributed by atoms with E-state index in [-0.39, 0.29) is 11.9 Å². The van der Waals surface area contributed by atoms with Crippen LogP contribution in [0.2, 0.25) is 0 Å². The zero-order valence-corrected chi connectivity index (χ0v) is 9.27. The lowest BCUT2D eigenvalue weighted by Crippen LogP contribution is -2.27. The number of rotatable bonds is 2. The maximum atomic E-state index is 11.5. The average molecular weight is 230 g/mol. The van der Waals surface area contributed by atoms with Crippen molar-refractivity contribution in [3.63, 3.8) is 0 Å². The number of amides is 1. The second-order valence-corrected chi connectivity index (χ2v) is 5.03. The molecule has 1 amide bonds. The minimum atomic E-state index is -0.0656. The molecule has 1 aliphatic rings. The standard InChI is InChI=1S/C7H10N4OS2/c1-13-7-10-9-6(14-7)11-3-4(8)2-5(11)12/h4H,2-3,8H2,1H3. The molecule has 1 aromatic rings. The SMILES string of the molecule is CSc1nnc(N2CC(N)CC2=O)s1. The molecule has 14 heavy (non-hydrogen) atoms. The van der Waals surface area contributed by atoms with E-state index in [9.17, 15) is 4.79 Å². The molecule has 2 heterocycles. The number of nitrogens with two attached hydrogens (primary N) is 1. The quantitative estimate of drug-likeness (QED) is 0.585. The Labute approximate surface area is 89.7 Å². The van der Waals surface area contributed by atoms with Gasteiger partial charge in [0.2, 0.25) is 11.0 Å². The van der Waals surface area contributed by atoms with Crippen LogP contribution in [0.5, 0.6) is 0 Å². The lowest BCUT2D eigenvalue weighted by atomic mass is 10.3. The minimum absolute atomic E-state index is 0.0429. The third-order valence-corrected chi connectivity index (χ3v) is 3.88. The monoisotopic (exact) mass is 230 g/mol. The predicted molar refractivity (Wildman–Crippen MR) is 56.6 cm³/mol. The van der Waals surface area contributed by atoms with Crippen molar-refractivity contribution in [1.82, 2.24) is 10.2 Å². The van der Waals surface area contributed by atoms with Crippen LogP contribution < -0.4 is 10.6 Å². The summed E-state index contributed by atoms with van der Waals surface area (Å²) < 4.78 is 0.869. The Bertz CT molecular complexity index is 353. The summed E-state index contributed by atoms with van der Waals surface area (Å²) in [6.07, 6.45) is 2.34. The first-order valence-corrected chi connectivity index (χ1v) is 6.18. The molecule has 0 aromatic carbocycles. The molecular weight excluding hydrogens is 220 g/mol. The van der Waals surface area contributed by atoms with E-state index in [1.807, 2.05) is 6.26 Å². The molecule has 0 spiro atoms. The lowest BCUT2D eigenvalue weighted by molar-refractivity contribution is -0.117. The molecule has 0 saturated carbocycles. The number of hydrogen-bond donors (Lipinski definition) is 1. The third kappa shape index (κ3) is 1.75. The topological polar surface area (TPSA) is 72.1 Å². The summed E-state index contributed by atoms with van der Waals surface area (Å²) >= 11 is 2.95. The molecule has 1 atom stereocenters. The van der Waals surface area contributed by atoms with Crippen LogP contribution in [0.4, 0.5) is 5.13 Å². The van der Waals surface area contributed by atoms with Crippen LogP contribution in [0.25, 0.3) is 0 Å². The number of carbonyl (C=O) groups excluding carboxylic acids is 1. The van der Waals surface area contributed by atoms with Crippen molar-refractivity contribution in [3.05, 3.63) is 0 Å². The molecule has 1 aliphatic heterocycles. The van der Waals surface area contributed by atoms with E-state index < -0.39 is 0 Å². The van der Waals surface area contributed by atoms with Gasteiger partial charge in [0.05, 0.1) is 0 Å². The van der Waals surface area contributed by atoms with E-state index in [0.717, 1.165) is 4.34 Å². The fourth-order valence-electron chi connectivity index (χ4n) is 1.31. The largest absolute Gasteiger partial charge is 0.326 e. The van der Waals surface area contributed by atoms with Gasteiger partial charge in [0.1, 0.15) is 0 Å². The Balaban J connectivity index is 2.18. The normalized spacial score (nSPS) is 22.0. The molecule has 1 fully saturated rings. The van der Waals surface area contributed by atoms with Gasteiger partial charge in [-0.15, -0.1) is 10.2 Å². The summed E-state index contributed by atoms with van der Waals surface area (Å²) in [6, 6.07) is -0.0656. The average Bonchev–Trinajstić information content (AvgIpc) is 2.71. The lowest BCUT2D eigenvalue weighted by Gasteiger charge is -2.09. The van der Waals surface area contributed by atoms with Gasteiger partial charge in [0.15, 0.2) is 4.34 Å². The Morgan fingerprint density at radius 1 is 1.64 bits per heavy atom. The second kappa shape index (κ2) is 3.84. The highest BCUT2D eigenvalue weighted by molar-refractivity contribution is 8.00. The maximum absolute atomic E-state index is 11.5. The number of carbonyl (C=O) groups is 1. The molecule has 0 aliphatic carbocycles. The van der Waals surface area contributed by atoms with Gasteiger partial charge in [0.25, 0.3) is 0 Å². The molecule has 0 radical (unpaired) electrons. The van der Waals surface area contributed by atoms with Crippen LogP contribution in [0.3, 0.4) is 0 Å². The first kappa shape index (κ1) is 9.88. The van der Waals surface area contributed by atoms with Gasteiger partial charge in [0, 0.05) is 19.0 Å². The fraction of sp³-hybridized carbons (Fsp3) is 0.571. The summed E-state index contributed by atoms with van der Waals surface area (Å²) in [5.41, 5.74) is 5.68. The van der Waals surface area contributed by atoms with Crippen molar-refractivity contribution in [2.75, 3.05) is 17.7 Å². The Hall–Kier alpha value is -0.660. The van der Waals surface area contributed by atoms with Crippen molar-refractivity contribution in [2.45, 2.75) is 16.8 Å². The zero-order chi connectivity index (χ0) is 10.1. The van der Waals surface area contributed by atoms with Gasteiger partial charge in [-0.3, -0.25) is 9.69 Å². The van der Waals surface area contributed by atoms with Crippen molar-refractivity contribution in [2.24, 2.45) is 5.73 Å². The minimum Gasteiger partial charge on any atom is -0.326 e. The van der Waals surface area contributed by atoms with E-state index in [1.165, 1.54) is 23.1 Å². The first-order valence-electron chi connectivity index (χ1n) is 4.14. The summed E-state index contributed by atoms with van der Waals surface area (Å²) in [4.78, 5) is 13.1. The Morgan fingerprint density at radius 3 is 2.93 bits per heavy atom. The van der Waals surface area contributed by atoms with E-state index in [2.05, 4.69) is 10.2 Å². The van der Waals surface area contributed by atoms with Crippen molar-refractivity contribution in [3.8, 4) is 0 Å². The van der Waals surface area contributed by atoms with E-state index in [4.69, 9.17) is 5.73 Å². The van der Waals surface area contributed by atoms with Gasteiger partial charge >= 0.3 is 0 Å². The highest BCUT2D eigenvalue weighted by atomic mass is 32.2. The fourth-order valence-corrected chi connectivity index (χ4v) is 2.60. The van der Waals surface area contributed by atoms with E-state index in [0.29, 0.717) is 18.1 Å². The van der Waals surface area contributed by atoms with Gasteiger partial charge in [-0.05, 0) is 6.26 Å². The van der Waals surface area contributed by atoms with Gasteiger partial charge in [-0.25, -0.2) is 0 Å². The molecule has 76 valence electrons. The molecule has 1 aromatic heterocycles. The predicted octanol–water partition coefficient (Wildman–Crippen LogP) is 0.324. The summed E-state index contributed by atoms with van der Waals surface area (Å²) in [7, 11) is 0.